The van der Waals surface area contributed by atoms with Crippen LogP contribution in [0.5, 0.6) is 11.6 Å². The molecule has 0 spiro atoms. The Morgan fingerprint density at radius 1 is 1.12 bits per heavy atom. The van der Waals surface area contributed by atoms with Crippen molar-refractivity contribution in [3.8, 4) is 11.6 Å². The molecule has 0 amide bonds. The summed E-state index contributed by atoms with van der Waals surface area (Å²) < 4.78 is 5.72. The number of rotatable bonds is 3. The highest BCUT2D eigenvalue weighted by Crippen LogP contribution is 2.31. The molecule has 0 saturated heterocycles. The molecule has 0 fully saturated rings. The van der Waals surface area contributed by atoms with Gasteiger partial charge in [0.2, 0.25) is 5.88 Å². The van der Waals surface area contributed by atoms with Crippen LogP contribution in [0.1, 0.15) is 25.3 Å². The molecule has 0 unspecified atom stereocenters. The predicted octanol–water partition coefficient (Wildman–Crippen LogP) is 2.97. The van der Waals surface area contributed by atoms with Crippen LogP contribution in [0.4, 0.5) is 5.82 Å². The zero-order valence-electron chi connectivity index (χ0n) is 9.92. The van der Waals surface area contributed by atoms with E-state index in [2.05, 4.69) is 9.97 Å². The van der Waals surface area contributed by atoms with Gasteiger partial charge < -0.3 is 10.5 Å². The maximum absolute atomic E-state index is 5.84. The van der Waals surface area contributed by atoms with Gasteiger partial charge in [-0.1, -0.05) is 32.0 Å². The fraction of sp³-hybridized carbons (Fsp3) is 0.231. The van der Waals surface area contributed by atoms with Crippen LogP contribution in [0.3, 0.4) is 0 Å². The number of para-hydroxylation sites is 1. The average molecular weight is 229 g/mol. The number of nitrogens with two attached hydrogens (primary N) is 1. The number of nitrogen functional groups attached to an aromatic ring is 1. The van der Waals surface area contributed by atoms with Gasteiger partial charge in [0.15, 0.2) is 0 Å². The summed E-state index contributed by atoms with van der Waals surface area (Å²) in [6.07, 6.45) is 1.42. The number of nitrogens with zero attached hydrogens (tertiary/aromatic N) is 2. The molecule has 1 heterocycles. The molecule has 2 N–H and O–H groups in total. The van der Waals surface area contributed by atoms with Crippen molar-refractivity contribution in [2.24, 2.45) is 0 Å². The molecule has 0 atom stereocenters. The minimum absolute atomic E-state index is 0.218. The van der Waals surface area contributed by atoms with Crippen LogP contribution in [-0.4, -0.2) is 9.97 Å². The van der Waals surface area contributed by atoms with Crippen molar-refractivity contribution in [1.29, 1.82) is 0 Å². The molecule has 1 aromatic heterocycles. The summed E-state index contributed by atoms with van der Waals surface area (Å²) in [7, 11) is 0. The fourth-order valence-electron chi connectivity index (χ4n) is 1.62. The largest absolute Gasteiger partial charge is 0.439 e. The average Bonchev–Trinajstić information content (AvgIpc) is 2.30. The van der Waals surface area contributed by atoms with Gasteiger partial charge in [0, 0.05) is 0 Å². The van der Waals surface area contributed by atoms with Gasteiger partial charge in [0.05, 0.1) is 5.56 Å². The molecule has 2 aromatic rings. The first-order valence-corrected chi connectivity index (χ1v) is 5.51. The van der Waals surface area contributed by atoms with Crippen LogP contribution in [0.2, 0.25) is 0 Å². The molecule has 17 heavy (non-hydrogen) atoms. The van der Waals surface area contributed by atoms with Gasteiger partial charge in [-0.05, 0) is 18.1 Å². The first kappa shape index (κ1) is 11.4. The zero-order valence-corrected chi connectivity index (χ0v) is 9.92. The van der Waals surface area contributed by atoms with Crippen molar-refractivity contribution in [2.75, 3.05) is 5.73 Å². The first-order valence-electron chi connectivity index (χ1n) is 5.51. The van der Waals surface area contributed by atoms with Crippen molar-refractivity contribution in [2.45, 2.75) is 19.8 Å². The van der Waals surface area contributed by atoms with Gasteiger partial charge in [-0.15, -0.1) is 0 Å². The Labute approximate surface area is 100 Å². The summed E-state index contributed by atoms with van der Waals surface area (Å²) >= 11 is 0. The van der Waals surface area contributed by atoms with Crippen LogP contribution in [-0.2, 0) is 0 Å². The SMILES string of the molecule is CC(C)c1c(N)ncnc1Oc1ccccc1. The lowest BCUT2D eigenvalue weighted by molar-refractivity contribution is 0.452. The number of hydrogen-bond acceptors (Lipinski definition) is 4. The summed E-state index contributed by atoms with van der Waals surface area (Å²) in [5.74, 6) is 1.96. The minimum atomic E-state index is 0.218. The number of benzene rings is 1. The molecule has 0 radical (unpaired) electrons. The summed E-state index contributed by atoms with van der Waals surface area (Å²) in [6, 6.07) is 9.51. The van der Waals surface area contributed by atoms with Crippen molar-refractivity contribution in [3.05, 3.63) is 42.2 Å². The lowest BCUT2D eigenvalue weighted by Gasteiger charge is -2.13. The van der Waals surface area contributed by atoms with Crippen LogP contribution in [0, 0.1) is 0 Å². The highest BCUT2D eigenvalue weighted by molar-refractivity contribution is 5.48. The quantitative estimate of drug-likeness (QED) is 0.878. The van der Waals surface area contributed by atoms with Crippen molar-refractivity contribution in [1.82, 2.24) is 9.97 Å². The summed E-state index contributed by atoms with van der Waals surface area (Å²) in [5.41, 5.74) is 6.69. The van der Waals surface area contributed by atoms with Gasteiger partial charge in [-0.25, -0.2) is 9.97 Å². The van der Waals surface area contributed by atoms with Crippen LogP contribution < -0.4 is 10.5 Å². The number of ether oxygens (including phenoxy) is 1. The molecule has 0 aliphatic carbocycles. The lowest BCUT2D eigenvalue weighted by atomic mass is 10.1. The van der Waals surface area contributed by atoms with E-state index in [0.29, 0.717) is 11.7 Å². The minimum Gasteiger partial charge on any atom is -0.439 e. The van der Waals surface area contributed by atoms with E-state index in [1.807, 2.05) is 44.2 Å². The summed E-state index contributed by atoms with van der Waals surface area (Å²) in [6.45, 7) is 4.07. The normalized spacial score (nSPS) is 10.5. The van der Waals surface area contributed by atoms with E-state index in [4.69, 9.17) is 10.5 Å². The van der Waals surface area contributed by atoms with Crippen LogP contribution >= 0.6 is 0 Å². The highest BCUT2D eigenvalue weighted by Gasteiger charge is 2.14. The van der Waals surface area contributed by atoms with Crippen molar-refractivity contribution < 1.29 is 4.74 Å². The first-order chi connectivity index (χ1) is 8.18. The second kappa shape index (κ2) is 4.82. The smallest absolute Gasteiger partial charge is 0.227 e. The molecule has 1 aromatic carbocycles. The standard InChI is InChI=1S/C13H15N3O/c1-9(2)11-12(14)15-8-16-13(11)17-10-6-4-3-5-7-10/h3-9H,1-2H3,(H2,14,15,16). The van der Waals surface area contributed by atoms with E-state index in [1.165, 1.54) is 6.33 Å². The van der Waals surface area contributed by atoms with Crippen LogP contribution in [0.25, 0.3) is 0 Å². The Morgan fingerprint density at radius 2 is 1.82 bits per heavy atom. The number of anilines is 1. The molecular weight excluding hydrogens is 214 g/mol. The summed E-state index contributed by atoms with van der Waals surface area (Å²) in [5, 5.41) is 0. The molecular formula is C13H15N3O. The topological polar surface area (TPSA) is 61.0 Å². The monoisotopic (exact) mass is 229 g/mol. The van der Waals surface area contributed by atoms with Gasteiger partial charge in [-0.2, -0.15) is 0 Å². The third kappa shape index (κ3) is 2.53. The molecule has 0 bridgehead atoms. The van der Waals surface area contributed by atoms with Crippen LogP contribution in [0.15, 0.2) is 36.7 Å². The second-order valence-electron chi connectivity index (χ2n) is 4.05. The van der Waals surface area contributed by atoms with E-state index in [9.17, 15) is 0 Å². The molecule has 4 heteroatoms. The van der Waals surface area contributed by atoms with E-state index >= 15 is 0 Å². The zero-order chi connectivity index (χ0) is 12.3. The van der Waals surface area contributed by atoms with Gasteiger partial charge in [0.25, 0.3) is 0 Å². The molecule has 88 valence electrons. The molecule has 0 saturated carbocycles. The maximum Gasteiger partial charge on any atom is 0.227 e. The summed E-state index contributed by atoms with van der Waals surface area (Å²) in [4.78, 5) is 8.13. The van der Waals surface area contributed by atoms with E-state index in [1.54, 1.807) is 0 Å². The van der Waals surface area contributed by atoms with Gasteiger partial charge in [-0.3, -0.25) is 0 Å². The molecule has 2 rings (SSSR count). The maximum atomic E-state index is 5.84. The lowest BCUT2D eigenvalue weighted by Crippen LogP contribution is -2.04. The Morgan fingerprint density at radius 3 is 2.47 bits per heavy atom. The van der Waals surface area contributed by atoms with E-state index < -0.39 is 0 Å². The third-order valence-corrected chi connectivity index (χ3v) is 2.41. The molecule has 0 aliphatic rings. The van der Waals surface area contributed by atoms with E-state index in [-0.39, 0.29) is 5.92 Å². The molecule has 4 nitrogen and oxygen atoms in total. The Kier molecular flexibility index (Phi) is 3.23. The number of hydrogen-bond donors (Lipinski definition) is 1. The number of aromatic nitrogens is 2. The molecule has 0 aliphatic heterocycles. The third-order valence-electron chi connectivity index (χ3n) is 2.41. The van der Waals surface area contributed by atoms with Crippen molar-refractivity contribution in [3.63, 3.8) is 0 Å². The van der Waals surface area contributed by atoms with E-state index in [0.717, 1.165) is 11.3 Å². The fourth-order valence-corrected chi connectivity index (χ4v) is 1.62. The highest BCUT2D eigenvalue weighted by atomic mass is 16.5. The van der Waals surface area contributed by atoms with Crippen molar-refractivity contribution >= 4 is 5.82 Å². The Hall–Kier alpha value is -2.10. The Balaban J connectivity index is 2.36. The Bertz CT molecular complexity index is 497. The predicted molar refractivity (Wildman–Crippen MR) is 67.0 cm³/mol. The second-order valence-corrected chi connectivity index (χ2v) is 4.05. The van der Waals surface area contributed by atoms with Gasteiger partial charge >= 0.3 is 0 Å². The van der Waals surface area contributed by atoms with Gasteiger partial charge in [0.1, 0.15) is 17.9 Å².